The fraction of sp³-hybridized carbons (Fsp3) is 0.154. The molecule has 0 fully saturated rings. The number of nitrogens with two attached hydrogens (primary N) is 1. The number of hydrogen-bond donors (Lipinski definition) is 2. The molecule has 0 saturated heterocycles. The summed E-state index contributed by atoms with van der Waals surface area (Å²) in [6.45, 7) is 1.97. The van der Waals surface area contributed by atoms with E-state index in [-0.39, 0.29) is 0 Å². The maximum atomic E-state index is 10.2. The topological polar surface area (TPSA) is 59.1 Å². The van der Waals surface area contributed by atoms with Crippen molar-refractivity contribution in [3.63, 3.8) is 0 Å². The minimum Gasteiger partial charge on any atom is -0.384 e. The molecule has 0 bridgehead atoms. The number of aromatic nitrogens is 1. The normalized spacial score (nSPS) is 12.4. The molecule has 4 heteroatoms. The molecular formula is C13H13ClN2O. The predicted molar refractivity (Wildman–Crippen MR) is 68.9 cm³/mol. The van der Waals surface area contributed by atoms with E-state index < -0.39 is 6.10 Å². The highest BCUT2D eigenvalue weighted by molar-refractivity contribution is 6.30. The van der Waals surface area contributed by atoms with Gasteiger partial charge >= 0.3 is 0 Å². The largest absolute Gasteiger partial charge is 0.384 e. The molecular weight excluding hydrogens is 236 g/mol. The lowest BCUT2D eigenvalue weighted by molar-refractivity contribution is 0.220. The lowest BCUT2D eigenvalue weighted by Gasteiger charge is -2.14. The fourth-order valence-electron chi connectivity index (χ4n) is 1.70. The van der Waals surface area contributed by atoms with E-state index in [1.54, 1.807) is 6.07 Å². The van der Waals surface area contributed by atoms with Crippen LogP contribution >= 0.6 is 11.6 Å². The number of benzene rings is 1. The number of hydrogen-bond acceptors (Lipinski definition) is 3. The second-order valence-corrected chi connectivity index (χ2v) is 4.38. The summed E-state index contributed by atoms with van der Waals surface area (Å²) in [7, 11) is 0. The maximum absolute atomic E-state index is 10.2. The van der Waals surface area contributed by atoms with E-state index in [0.717, 1.165) is 11.1 Å². The molecule has 2 aromatic rings. The van der Waals surface area contributed by atoms with Gasteiger partial charge < -0.3 is 10.8 Å². The molecule has 1 aromatic heterocycles. The van der Waals surface area contributed by atoms with Gasteiger partial charge in [0.1, 0.15) is 11.9 Å². The van der Waals surface area contributed by atoms with Gasteiger partial charge in [0.25, 0.3) is 0 Å². The monoisotopic (exact) mass is 248 g/mol. The highest BCUT2D eigenvalue weighted by Crippen LogP contribution is 2.27. The number of halogens is 1. The third-order valence-corrected chi connectivity index (χ3v) is 2.78. The van der Waals surface area contributed by atoms with Gasteiger partial charge in [-0.05, 0) is 18.6 Å². The number of nitrogens with zero attached hydrogens (tertiary/aromatic N) is 1. The Labute approximate surface area is 105 Å². The zero-order valence-corrected chi connectivity index (χ0v) is 10.1. The van der Waals surface area contributed by atoms with Crippen LogP contribution in [0.5, 0.6) is 0 Å². The third-order valence-electron chi connectivity index (χ3n) is 2.57. The van der Waals surface area contributed by atoms with Crippen LogP contribution in [0.25, 0.3) is 0 Å². The van der Waals surface area contributed by atoms with Crippen LogP contribution in [0.1, 0.15) is 22.8 Å². The van der Waals surface area contributed by atoms with Crippen LogP contribution in [-0.2, 0) is 0 Å². The van der Waals surface area contributed by atoms with E-state index >= 15 is 0 Å². The zero-order valence-electron chi connectivity index (χ0n) is 9.39. The standard InChI is InChI=1S/C13H13ClN2O/c1-8-3-2-4-9(5-8)12(17)11-6-10(14)7-16-13(11)15/h2-7,12,17H,1H3,(H2,15,16). The summed E-state index contributed by atoms with van der Waals surface area (Å²) in [6.07, 6.45) is 0.657. The van der Waals surface area contributed by atoms with Crippen LogP contribution in [-0.4, -0.2) is 10.1 Å². The second-order valence-electron chi connectivity index (χ2n) is 3.94. The molecule has 0 aliphatic carbocycles. The highest BCUT2D eigenvalue weighted by atomic mass is 35.5. The zero-order chi connectivity index (χ0) is 12.4. The van der Waals surface area contributed by atoms with E-state index in [9.17, 15) is 5.11 Å². The molecule has 3 nitrogen and oxygen atoms in total. The van der Waals surface area contributed by atoms with Gasteiger partial charge in [0, 0.05) is 11.8 Å². The summed E-state index contributed by atoms with van der Waals surface area (Å²) in [5.41, 5.74) is 8.12. The number of nitrogen functional groups attached to an aromatic ring is 1. The van der Waals surface area contributed by atoms with Crippen LogP contribution in [0.2, 0.25) is 5.02 Å². The van der Waals surface area contributed by atoms with Crippen molar-refractivity contribution < 1.29 is 5.11 Å². The van der Waals surface area contributed by atoms with Crippen molar-refractivity contribution in [2.75, 3.05) is 5.73 Å². The average Bonchev–Trinajstić information content (AvgIpc) is 2.31. The molecule has 2 rings (SSSR count). The lowest BCUT2D eigenvalue weighted by Crippen LogP contribution is -2.05. The van der Waals surface area contributed by atoms with E-state index in [4.69, 9.17) is 17.3 Å². The van der Waals surface area contributed by atoms with Crippen molar-refractivity contribution in [1.82, 2.24) is 4.98 Å². The third kappa shape index (κ3) is 2.57. The Balaban J connectivity index is 2.43. The Bertz CT molecular complexity index is 543. The summed E-state index contributed by atoms with van der Waals surface area (Å²) in [4.78, 5) is 3.93. The Morgan fingerprint density at radius 2 is 2.12 bits per heavy atom. The Kier molecular flexibility index (Phi) is 3.31. The SMILES string of the molecule is Cc1cccc(C(O)c2cc(Cl)cnc2N)c1. The first-order valence-electron chi connectivity index (χ1n) is 5.23. The fourth-order valence-corrected chi connectivity index (χ4v) is 1.87. The van der Waals surface area contributed by atoms with Crippen LogP contribution in [0.15, 0.2) is 36.5 Å². The summed E-state index contributed by atoms with van der Waals surface area (Å²) in [5.74, 6) is 0.295. The van der Waals surface area contributed by atoms with Crippen LogP contribution in [0, 0.1) is 6.92 Å². The molecule has 0 aliphatic rings. The van der Waals surface area contributed by atoms with Gasteiger partial charge in [-0.25, -0.2) is 4.98 Å². The smallest absolute Gasteiger partial charge is 0.129 e. The number of anilines is 1. The quantitative estimate of drug-likeness (QED) is 0.859. The van der Waals surface area contributed by atoms with E-state index in [1.165, 1.54) is 6.20 Å². The van der Waals surface area contributed by atoms with Crippen molar-refractivity contribution in [2.45, 2.75) is 13.0 Å². The first-order valence-corrected chi connectivity index (χ1v) is 5.61. The van der Waals surface area contributed by atoms with Gasteiger partial charge in [0.2, 0.25) is 0 Å². The molecule has 17 heavy (non-hydrogen) atoms. The molecule has 1 unspecified atom stereocenters. The molecule has 0 amide bonds. The lowest BCUT2D eigenvalue weighted by atomic mass is 10.0. The summed E-state index contributed by atoms with van der Waals surface area (Å²) in [5, 5.41) is 10.7. The van der Waals surface area contributed by atoms with E-state index in [1.807, 2.05) is 31.2 Å². The van der Waals surface area contributed by atoms with Gasteiger partial charge in [-0.3, -0.25) is 0 Å². The molecule has 88 valence electrons. The Morgan fingerprint density at radius 3 is 2.82 bits per heavy atom. The molecule has 0 saturated carbocycles. The van der Waals surface area contributed by atoms with Gasteiger partial charge in [-0.15, -0.1) is 0 Å². The van der Waals surface area contributed by atoms with Crippen LogP contribution < -0.4 is 5.73 Å². The van der Waals surface area contributed by atoms with E-state index in [0.29, 0.717) is 16.4 Å². The number of aliphatic hydroxyl groups excluding tert-OH is 1. The minimum atomic E-state index is -0.805. The van der Waals surface area contributed by atoms with Crippen LogP contribution in [0.4, 0.5) is 5.82 Å². The minimum absolute atomic E-state index is 0.295. The van der Waals surface area contributed by atoms with Crippen LogP contribution in [0.3, 0.4) is 0 Å². The average molecular weight is 249 g/mol. The molecule has 1 aromatic carbocycles. The van der Waals surface area contributed by atoms with Crippen molar-refractivity contribution >= 4 is 17.4 Å². The number of pyridine rings is 1. The highest BCUT2D eigenvalue weighted by Gasteiger charge is 2.14. The Morgan fingerprint density at radius 1 is 1.35 bits per heavy atom. The molecule has 0 spiro atoms. The van der Waals surface area contributed by atoms with Gasteiger partial charge in [0.15, 0.2) is 0 Å². The number of aryl methyl sites for hydroxylation is 1. The van der Waals surface area contributed by atoms with Gasteiger partial charge in [-0.2, -0.15) is 0 Å². The summed E-state index contributed by atoms with van der Waals surface area (Å²) >= 11 is 5.85. The first kappa shape index (κ1) is 11.9. The molecule has 3 N–H and O–H groups in total. The number of aliphatic hydroxyl groups is 1. The molecule has 1 heterocycles. The number of rotatable bonds is 2. The van der Waals surface area contributed by atoms with Gasteiger partial charge in [-0.1, -0.05) is 41.4 Å². The second kappa shape index (κ2) is 4.73. The predicted octanol–water partition coefficient (Wildman–Crippen LogP) is 2.71. The molecule has 0 aliphatic heterocycles. The van der Waals surface area contributed by atoms with Crippen molar-refractivity contribution in [1.29, 1.82) is 0 Å². The Hall–Kier alpha value is -1.58. The summed E-state index contributed by atoms with van der Waals surface area (Å²) < 4.78 is 0. The van der Waals surface area contributed by atoms with E-state index in [2.05, 4.69) is 4.98 Å². The molecule has 1 atom stereocenters. The van der Waals surface area contributed by atoms with Gasteiger partial charge in [0.05, 0.1) is 5.02 Å². The van der Waals surface area contributed by atoms with Crippen molar-refractivity contribution in [3.8, 4) is 0 Å². The summed E-state index contributed by atoms with van der Waals surface area (Å²) in [6, 6.07) is 9.25. The van der Waals surface area contributed by atoms with Crippen molar-refractivity contribution in [2.24, 2.45) is 0 Å². The maximum Gasteiger partial charge on any atom is 0.129 e. The first-order chi connectivity index (χ1) is 8.08. The van der Waals surface area contributed by atoms with Crippen molar-refractivity contribution in [3.05, 3.63) is 58.2 Å². The molecule has 0 radical (unpaired) electrons.